The number of benzene rings is 2. The number of nitrogens with one attached hydrogen (secondary N) is 2. The van der Waals surface area contributed by atoms with E-state index in [0.29, 0.717) is 17.0 Å². The summed E-state index contributed by atoms with van der Waals surface area (Å²) in [5, 5.41) is 19.8. The lowest BCUT2D eigenvalue weighted by Gasteiger charge is -2.24. The minimum atomic E-state index is -0.835. The highest BCUT2D eigenvalue weighted by Gasteiger charge is 2.38. The molecule has 3 rings (SSSR count). The molecule has 8 nitrogen and oxygen atoms in total. The Morgan fingerprint density at radius 2 is 2.00 bits per heavy atom. The number of hydrogen-bond acceptors (Lipinski definition) is 5. The highest BCUT2D eigenvalue weighted by atomic mass is 16.6. The lowest BCUT2D eigenvalue weighted by atomic mass is 10.1. The predicted molar refractivity (Wildman–Crippen MR) is 114 cm³/mol. The second-order valence-electron chi connectivity index (χ2n) is 7.16. The molecule has 0 aliphatic carbocycles. The number of aliphatic hydroxyl groups is 1. The second-order valence-corrected chi connectivity index (χ2v) is 7.16. The lowest BCUT2D eigenvalue weighted by molar-refractivity contribution is -0.125. The SMILES string of the molecule is CON=C1C[C@@H](C(=O)NCC(O)c2ccccc2)N(C(=O)Nc2cccc(C)c2)C1. The smallest absolute Gasteiger partial charge is 0.322 e. The molecule has 8 heteroatoms. The molecular weight excluding hydrogens is 384 g/mol. The van der Waals surface area contributed by atoms with Crippen molar-refractivity contribution in [3.63, 3.8) is 0 Å². The topological polar surface area (TPSA) is 103 Å². The van der Waals surface area contributed by atoms with Crippen molar-refractivity contribution in [3.05, 3.63) is 65.7 Å². The van der Waals surface area contributed by atoms with Crippen molar-refractivity contribution in [2.24, 2.45) is 5.16 Å². The van der Waals surface area contributed by atoms with Crippen molar-refractivity contribution >= 4 is 23.3 Å². The molecule has 1 unspecified atom stereocenters. The van der Waals surface area contributed by atoms with Crippen molar-refractivity contribution in [3.8, 4) is 0 Å². The van der Waals surface area contributed by atoms with Crippen LogP contribution in [0.15, 0.2) is 59.8 Å². The highest BCUT2D eigenvalue weighted by molar-refractivity contribution is 6.03. The summed E-state index contributed by atoms with van der Waals surface area (Å²) in [4.78, 5) is 31.9. The van der Waals surface area contributed by atoms with Crippen LogP contribution in [0, 0.1) is 6.92 Å². The van der Waals surface area contributed by atoms with Gasteiger partial charge in [-0.15, -0.1) is 0 Å². The molecule has 1 aliphatic heterocycles. The van der Waals surface area contributed by atoms with Gasteiger partial charge in [-0.3, -0.25) is 4.79 Å². The van der Waals surface area contributed by atoms with Gasteiger partial charge < -0.3 is 25.5 Å². The maximum atomic E-state index is 12.8. The van der Waals surface area contributed by atoms with Gasteiger partial charge in [-0.25, -0.2) is 4.79 Å². The van der Waals surface area contributed by atoms with E-state index in [2.05, 4.69) is 15.8 Å². The van der Waals surface area contributed by atoms with Gasteiger partial charge in [0.25, 0.3) is 0 Å². The Morgan fingerprint density at radius 1 is 1.23 bits per heavy atom. The number of amides is 3. The van der Waals surface area contributed by atoms with Crippen molar-refractivity contribution in [1.29, 1.82) is 0 Å². The summed E-state index contributed by atoms with van der Waals surface area (Å²) in [6.07, 6.45) is -0.569. The van der Waals surface area contributed by atoms with Crippen LogP contribution in [0.1, 0.15) is 23.7 Å². The molecule has 0 aromatic heterocycles. The fraction of sp³-hybridized carbons (Fsp3) is 0.318. The van der Waals surface area contributed by atoms with Gasteiger partial charge in [-0.1, -0.05) is 47.6 Å². The van der Waals surface area contributed by atoms with E-state index in [1.807, 2.05) is 43.3 Å². The summed E-state index contributed by atoms with van der Waals surface area (Å²) in [5.41, 5.74) is 2.97. The molecule has 2 aromatic carbocycles. The molecule has 1 aliphatic rings. The van der Waals surface area contributed by atoms with Gasteiger partial charge in [0, 0.05) is 18.7 Å². The van der Waals surface area contributed by atoms with Crippen LogP contribution in [-0.4, -0.2) is 53.9 Å². The Balaban J connectivity index is 1.67. The van der Waals surface area contributed by atoms with E-state index in [-0.39, 0.29) is 25.4 Å². The van der Waals surface area contributed by atoms with Crippen LogP contribution in [0.3, 0.4) is 0 Å². The molecule has 1 saturated heterocycles. The Kier molecular flexibility index (Phi) is 7.03. The third-order valence-electron chi connectivity index (χ3n) is 4.87. The van der Waals surface area contributed by atoms with Gasteiger partial charge in [0.15, 0.2) is 0 Å². The van der Waals surface area contributed by atoms with Crippen LogP contribution in [0.2, 0.25) is 0 Å². The van der Waals surface area contributed by atoms with Gasteiger partial charge in [0.1, 0.15) is 13.2 Å². The van der Waals surface area contributed by atoms with Crippen LogP contribution in [0.4, 0.5) is 10.5 Å². The third-order valence-corrected chi connectivity index (χ3v) is 4.87. The van der Waals surface area contributed by atoms with Crippen LogP contribution < -0.4 is 10.6 Å². The number of urea groups is 1. The molecule has 0 spiro atoms. The molecule has 1 heterocycles. The largest absolute Gasteiger partial charge is 0.399 e. The highest BCUT2D eigenvalue weighted by Crippen LogP contribution is 2.19. The minimum Gasteiger partial charge on any atom is -0.399 e. The molecule has 3 amide bonds. The van der Waals surface area contributed by atoms with E-state index in [0.717, 1.165) is 5.56 Å². The fourth-order valence-electron chi connectivity index (χ4n) is 3.37. The first-order chi connectivity index (χ1) is 14.5. The summed E-state index contributed by atoms with van der Waals surface area (Å²) in [6.45, 7) is 2.16. The van der Waals surface area contributed by atoms with E-state index in [1.54, 1.807) is 18.2 Å². The Bertz CT molecular complexity index is 916. The van der Waals surface area contributed by atoms with E-state index < -0.39 is 18.2 Å². The maximum Gasteiger partial charge on any atom is 0.322 e. The second kappa shape index (κ2) is 9.89. The zero-order valence-electron chi connectivity index (χ0n) is 17.0. The average Bonchev–Trinajstić information content (AvgIpc) is 3.17. The van der Waals surface area contributed by atoms with Crippen LogP contribution >= 0.6 is 0 Å². The number of anilines is 1. The number of rotatable bonds is 6. The summed E-state index contributed by atoms with van der Waals surface area (Å²) in [6, 6.07) is 15.4. The zero-order chi connectivity index (χ0) is 21.5. The summed E-state index contributed by atoms with van der Waals surface area (Å²) >= 11 is 0. The molecule has 0 saturated carbocycles. The summed E-state index contributed by atoms with van der Waals surface area (Å²) in [5.74, 6) is -0.356. The number of carbonyl (C=O) groups excluding carboxylic acids is 2. The molecular formula is C22H26N4O4. The van der Waals surface area contributed by atoms with E-state index in [9.17, 15) is 14.7 Å². The lowest BCUT2D eigenvalue weighted by Crippen LogP contribution is -2.48. The van der Waals surface area contributed by atoms with Gasteiger partial charge in [0.2, 0.25) is 5.91 Å². The molecule has 0 bridgehead atoms. The molecule has 0 radical (unpaired) electrons. The first-order valence-electron chi connectivity index (χ1n) is 9.72. The molecule has 2 aromatic rings. The monoisotopic (exact) mass is 410 g/mol. The molecule has 3 N–H and O–H groups in total. The average molecular weight is 410 g/mol. The fourth-order valence-corrected chi connectivity index (χ4v) is 3.37. The predicted octanol–water partition coefficient (Wildman–Crippen LogP) is 2.45. The zero-order valence-corrected chi connectivity index (χ0v) is 17.0. The Morgan fingerprint density at radius 3 is 2.70 bits per heavy atom. The number of hydrogen-bond donors (Lipinski definition) is 3. The van der Waals surface area contributed by atoms with Crippen LogP contribution in [0.5, 0.6) is 0 Å². The summed E-state index contributed by atoms with van der Waals surface area (Å²) < 4.78 is 0. The third kappa shape index (κ3) is 5.36. The number of aliphatic hydroxyl groups excluding tert-OH is 1. The Hall–Kier alpha value is -3.39. The normalized spacial score (nSPS) is 18.2. The first kappa shape index (κ1) is 21.3. The Labute approximate surface area is 175 Å². The van der Waals surface area contributed by atoms with Gasteiger partial charge in [-0.05, 0) is 30.2 Å². The maximum absolute atomic E-state index is 12.8. The summed E-state index contributed by atoms with van der Waals surface area (Å²) in [7, 11) is 1.42. The van der Waals surface area contributed by atoms with Gasteiger partial charge >= 0.3 is 6.03 Å². The van der Waals surface area contributed by atoms with Crippen LogP contribution in [0.25, 0.3) is 0 Å². The minimum absolute atomic E-state index is 0.0451. The molecule has 2 atom stereocenters. The quantitative estimate of drug-likeness (QED) is 0.637. The van der Waals surface area contributed by atoms with E-state index in [4.69, 9.17) is 4.84 Å². The molecule has 30 heavy (non-hydrogen) atoms. The van der Waals surface area contributed by atoms with Gasteiger partial charge in [0.05, 0.1) is 18.4 Å². The molecule has 158 valence electrons. The van der Waals surface area contributed by atoms with Crippen molar-refractivity contribution in [1.82, 2.24) is 10.2 Å². The number of oxime groups is 1. The van der Waals surface area contributed by atoms with Crippen molar-refractivity contribution in [2.45, 2.75) is 25.5 Å². The van der Waals surface area contributed by atoms with E-state index >= 15 is 0 Å². The first-order valence-corrected chi connectivity index (χ1v) is 9.72. The van der Waals surface area contributed by atoms with Crippen molar-refractivity contribution in [2.75, 3.05) is 25.5 Å². The number of aryl methyl sites for hydroxylation is 1. The standard InChI is InChI=1S/C22H26N4O4/c1-15-7-6-10-17(11-15)24-22(29)26-14-18(25-30-2)12-19(26)21(28)23-13-20(27)16-8-4-3-5-9-16/h3-11,19-20,27H,12-14H2,1-2H3,(H,23,28)(H,24,29)/t19-,20?/m0/s1. The number of likely N-dealkylation sites (tertiary alicyclic amines) is 1. The number of nitrogens with zero attached hydrogens (tertiary/aromatic N) is 2. The van der Waals surface area contributed by atoms with Crippen molar-refractivity contribution < 1.29 is 19.5 Å². The van der Waals surface area contributed by atoms with E-state index in [1.165, 1.54) is 12.0 Å². The van der Waals surface area contributed by atoms with Gasteiger partial charge in [-0.2, -0.15) is 0 Å². The molecule has 1 fully saturated rings. The van der Waals surface area contributed by atoms with Crippen LogP contribution in [-0.2, 0) is 9.63 Å². The number of carbonyl (C=O) groups is 2.